The Hall–Kier alpha value is -1.38. The Kier molecular flexibility index (Phi) is 4.00. The van der Waals surface area contributed by atoms with Crippen LogP contribution in [-0.4, -0.2) is 31.3 Å². The van der Waals surface area contributed by atoms with Gasteiger partial charge in [0.15, 0.2) is 0 Å². The molecule has 2 heterocycles. The summed E-state index contributed by atoms with van der Waals surface area (Å²) < 4.78 is 28.8. The van der Waals surface area contributed by atoms with Crippen LogP contribution in [0.3, 0.4) is 0 Å². The first-order valence-corrected chi connectivity index (χ1v) is 9.47. The lowest BCUT2D eigenvalue weighted by Gasteiger charge is -2.10. The van der Waals surface area contributed by atoms with Crippen LogP contribution >= 0.6 is 26.6 Å². The predicted molar refractivity (Wildman–Crippen MR) is 85.2 cm³/mol. The van der Waals surface area contributed by atoms with Gasteiger partial charge in [0.25, 0.3) is 0 Å². The number of anilines is 1. The van der Waals surface area contributed by atoms with Crippen molar-refractivity contribution in [3.8, 4) is 11.3 Å². The van der Waals surface area contributed by atoms with E-state index in [4.69, 9.17) is 15.2 Å². The minimum Gasteiger partial charge on any atom is -0.338 e. The molecular weight excluding hydrogens is 396 g/mol. The maximum absolute atomic E-state index is 11.9. The number of amides is 1. The van der Waals surface area contributed by atoms with Gasteiger partial charge in [-0.15, -0.1) is 0 Å². The van der Waals surface area contributed by atoms with E-state index in [0.717, 1.165) is 10.0 Å². The molecule has 1 amide bonds. The second-order valence-corrected chi connectivity index (χ2v) is 8.69. The van der Waals surface area contributed by atoms with Crippen molar-refractivity contribution < 1.29 is 17.7 Å². The van der Waals surface area contributed by atoms with Gasteiger partial charge < -0.3 is 4.52 Å². The zero-order valence-electron chi connectivity index (χ0n) is 11.1. The van der Waals surface area contributed by atoms with E-state index in [1.807, 2.05) is 24.3 Å². The Labute approximate surface area is 139 Å². The predicted octanol–water partition coefficient (Wildman–Crippen LogP) is 2.78. The molecule has 1 aromatic heterocycles. The van der Waals surface area contributed by atoms with E-state index in [1.165, 1.54) is 4.90 Å². The Morgan fingerprint density at radius 2 is 2.00 bits per heavy atom. The van der Waals surface area contributed by atoms with E-state index >= 15 is 0 Å². The average Bonchev–Trinajstić information content (AvgIpc) is 3.05. The highest BCUT2D eigenvalue weighted by atomic mass is 79.9. The summed E-state index contributed by atoms with van der Waals surface area (Å²) in [5.74, 6) is -0.140. The molecule has 116 valence electrons. The van der Waals surface area contributed by atoms with Crippen LogP contribution in [0.15, 0.2) is 39.3 Å². The summed E-state index contributed by atoms with van der Waals surface area (Å²) in [6, 6.07) is 9.03. The van der Waals surface area contributed by atoms with Gasteiger partial charge >= 0.3 is 0 Å². The SMILES string of the molecule is O=C1CC(S(=O)(=O)Cl)CN1c1cc(-c2ccc(Br)cc2)no1. The molecular formula is C13H10BrClN2O4S. The molecule has 0 spiro atoms. The zero-order chi connectivity index (χ0) is 15.9. The maximum atomic E-state index is 11.9. The first-order chi connectivity index (χ1) is 10.3. The summed E-state index contributed by atoms with van der Waals surface area (Å²) in [7, 11) is 1.53. The van der Waals surface area contributed by atoms with Crippen LogP contribution in [-0.2, 0) is 13.8 Å². The van der Waals surface area contributed by atoms with Gasteiger partial charge in [-0.3, -0.25) is 9.69 Å². The minimum absolute atomic E-state index is 0.0281. The molecule has 1 aromatic carbocycles. The fraction of sp³-hybridized carbons (Fsp3) is 0.231. The first-order valence-electron chi connectivity index (χ1n) is 6.31. The number of rotatable bonds is 3. The molecule has 1 aliphatic rings. The number of hydrogen-bond donors (Lipinski definition) is 0. The monoisotopic (exact) mass is 404 g/mol. The normalized spacial score (nSPS) is 18.9. The van der Waals surface area contributed by atoms with Crippen molar-refractivity contribution in [2.45, 2.75) is 11.7 Å². The van der Waals surface area contributed by atoms with Crippen molar-refractivity contribution in [2.75, 3.05) is 11.4 Å². The van der Waals surface area contributed by atoms with E-state index < -0.39 is 14.3 Å². The summed E-state index contributed by atoms with van der Waals surface area (Å²) in [6.07, 6.45) is -0.153. The van der Waals surface area contributed by atoms with Crippen LogP contribution in [0.2, 0.25) is 0 Å². The molecule has 1 fully saturated rings. The Morgan fingerprint density at radius 3 is 2.59 bits per heavy atom. The van der Waals surface area contributed by atoms with E-state index in [-0.39, 0.29) is 24.8 Å². The largest absolute Gasteiger partial charge is 0.338 e. The van der Waals surface area contributed by atoms with Gasteiger partial charge in [0.05, 0.1) is 0 Å². The molecule has 2 aromatic rings. The Morgan fingerprint density at radius 1 is 1.32 bits per heavy atom. The van der Waals surface area contributed by atoms with Crippen molar-refractivity contribution in [3.63, 3.8) is 0 Å². The Bertz CT molecular complexity index is 819. The highest BCUT2D eigenvalue weighted by Crippen LogP contribution is 2.30. The molecule has 0 radical (unpaired) electrons. The molecule has 1 unspecified atom stereocenters. The number of hydrogen-bond acceptors (Lipinski definition) is 5. The second-order valence-electron chi connectivity index (χ2n) is 4.86. The van der Waals surface area contributed by atoms with E-state index in [2.05, 4.69) is 21.1 Å². The summed E-state index contributed by atoms with van der Waals surface area (Å²) in [5.41, 5.74) is 1.39. The number of benzene rings is 1. The molecule has 0 bridgehead atoms. The smallest absolute Gasteiger partial charge is 0.237 e. The molecule has 3 rings (SSSR count). The fourth-order valence-electron chi connectivity index (χ4n) is 2.23. The van der Waals surface area contributed by atoms with Gasteiger partial charge in [-0.2, -0.15) is 0 Å². The molecule has 1 saturated heterocycles. The summed E-state index contributed by atoms with van der Waals surface area (Å²) in [5, 5.41) is 2.99. The number of halogens is 2. The van der Waals surface area contributed by atoms with Gasteiger partial charge in [0.1, 0.15) is 10.9 Å². The second kappa shape index (κ2) is 5.68. The summed E-state index contributed by atoms with van der Waals surface area (Å²) in [4.78, 5) is 13.2. The number of carbonyl (C=O) groups is 1. The van der Waals surface area contributed by atoms with Crippen molar-refractivity contribution in [2.24, 2.45) is 0 Å². The van der Waals surface area contributed by atoms with Crippen LogP contribution < -0.4 is 4.90 Å². The van der Waals surface area contributed by atoms with Crippen molar-refractivity contribution >= 4 is 47.5 Å². The van der Waals surface area contributed by atoms with Gasteiger partial charge in [-0.25, -0.2) is 8.42 Å². The highest BCUT2D eigenvalue weighted by molar-refractivity contribution is 9.10. The first kappa shape index (κ1) is 15.5. The Balaban J connectivity index is 1.85. The lowest BCUT2D eigenvalue weighted by atomic mass is 10.1. The van der Waals surface area contributed by atoms with Crippen LogP contribution in [0.1, 0.15) is 6.42 Å². The summed E-state index contributed by atoms with van der Waals surface area (Å²) >= 11 is 3.34. The standard InChI is InChI=1S/C13H10BrClN2O4S/c14-9-3-1-8(2-4-9)11-6-13(21-16-11)17-7-10(5-12(17)18)22(15,19)20/h1-4,6,10H,5,7H2. The quantitative estimate of drug-likeness (QED) is 0.734. The van der Waals surface area contributed by atoms with Gasteiger partial charge in [0, 0.05) is 39.8 Å². The molecule has 0 aliphatic carbocycles. The molecule has 0 N–H and O–H groups in total. The third-order valence-corrected chi connectivity index (χ3v) is 5.79. The maximum Gasteiger partial charge on any atom is 0.237 e. The number of carbonyl (C=O) groups excluding carboxylic acids is 1. The molecule has 0 saturated carbocycles. The average molecular weight is 406 g/mol. The van der Waals surface area contributed by atoms with Crippen LogP contribution in [0.4, 0.5) is 5.88 Å². The lowest BCUT2D eigenvalue weighted by molar-refractivity contribution is -0.117. The minimum atomic E-state index is -3.78. The van der Waals surface area contributed by atoms with Crippen LogP contribution in [0.25, 0.3) is 11.3 Å². The topological polar surface area (TPSA) is 80.5 Å². The van der Waals surface area contributed by atoms with Crippen LogP contribution in [0.5, 0.6) is 0 Å². The van der Waals surface area contributed by atoms with Gasteiger partial charge in [-0.05, 0) is 12.1 Å². The molecule has 1 atom stereocenters. The molecule has 1 aliphatic heterocycles. The van der Waals surface area contributed by atoms with Crippen LogP contribution in [0, 0.1) is 0 Å². The van der Waals surface area contributed by atoms with Crippen molar-refractivity contribution in [1.29, 1.82) is 0 Å². The van der Waals surface area contributed by atoms with E-state index in [0.29, 0.717) is 5.69 Å². The van der Waals surface area contributed by atoms with Gasteiger partial charge in [0.2, 0.25) is 20.8 Å². The van der Waals surface area contributed by atoms with Crippen molar-refractivity contribution in [3.05, 3.63) is 34.8 Å². The van der Waals surface area contributed by atoms with E-state index in [1.54, 1.807) is 6.07 Å². The van der Waals surface area contributed by atoms with Gasteiger partial charge in [-0.1, -0.05) is 33.2 Å². The zero-order valence-corrected chi connectivity index (χ0v) is 14.2. The number of nitrogens with zero attached hydrogens (tertiary/aromatic N) is 2. The molecule has 9 heteroatoms. The van der Waals surface area contributed by atoms with Crippen molar-refractivity contribution in [1.82, 2.24) is 5.16 Å². The molecule has 22 heavy (non-hydrogen) atoms. The van der Waals surface area contributed by atoms with E-state index in [9.17, 15) is 13.2 Å². The highest BCUT2D eigenvalue weighted by Gasteiger charge is 2.39. The lowest BCUT2D eigenvalue weighted by Crippen LogP contribution is -2.26. The summed E-state index contributed by atoms with van der Waals surface area (Å²) in [6.45, 7) is -0.0281. The third-order valence-electron chi connectivity index (χ3n) is 3.39. The third kappa shape index (κ3) is 3.04. The fourth-order valence-corrected chi connectivity index (χ4v) is 3.52. The molecule has 6 nitrogen and oxygen atoms in total. The number of aromatic nitrogens is 1.